The van der Waals surface area contributed by atoms with E-state index in [1.54, 1.807) is 0 Å². The summed E-state index contributed by atoms with van der Waals surface area (Å²) in [4.78, 5) is 4.58. The average Bonchev–Trinajstić information content (AvgIpc) is 3.23. The molecule has 7 nitrogen and oxygen atoms in total. The zero-order chi connectivity index (χ0) is 18.1. The first-order valence-corrected chi connectivity index (χ1v) is 9.12. The van der Waals surface area contributed by atoms with Crippen LogP contribution < -0.4 is 10.6 Å². The largest absolute Gasteiger partial charge is 0.359 e. The average molecular weight is 346 g/mol. The molecule has 2 aromatic rings. The molecule has 2 heterocycles. The van der Waals surface area contributed by atoms with Crippen molar-refractivity contribution in [1.29, 1.82) is 0 Å². The molecule has 0 spiro atoms. The van der Waals surface area contributed by atoms with Crippen molar-refractivity contribution < 1.29 is 4.52 Å². The second-order valence-corrected chi connectivity index (χ2v) is 6.13. The number of rotatable bonds is 9. The van der Waals surface area contributed by atoms with Gasteiger partial charge in [-0.05, 0) is 32.3 Å². The van der Waals surface area contributed by atoms with E-state index in [-0.39, 0.29) is 0 Å². The van der Waals surface area contributed by atoms with Crippen LogP contribution in [0.3, 0.4) is 0 Å². The number of nitrogens with one attached hydrogen (secondary N) is 2. The van der Waals surface area contributed by atoms with Gasteiger partial charge in [0.2, 0.25) is 0 Å². The Hall–Kier alpha value is -2.31. The van der Waals surface area contributed by atoms with Gasteiger partial charge in [-0.1, -0.05) is 19.0 Å². The van der Waals surface area contributed by atoms with Gasteiger partial charge in [0, 0.05) is 31.3 Å². The third kappa shape index (κ3) is 5.92. The van der Waals surface area contributed by atoms with Gasteiger partial charge in [-0.3, -0.25) is 4.68 Å². The fourth-order valence-electron chi connectivity index (χ4n) is 2.68. The van der Waals surface area contributed by atoms with Gasteiger partial charge in [0.25, 0.3) is 0 Å². The molecule has 25 heavy (non-hydrogen) atoms. The van der Waals surface area contributed by atoms with Crippen molar-refractivity contribution in [3.8, 4) is 0 Å². The summed E-state index contributed by atoms with van der Waals surface area (Å²) in [5.41, 5.74) is 2.20. The van der Waals surface area contributed by atoms with E-state index in [2.05, 4.69) is 39.7 Å². The summed E-state index contributed by atoms with van der Waals surface area (Å²) in [6.07, 6.45) is 6.03. The lowest BCUT2D eigenvalue weighted by Gasteiger charge is -2.10. The van der Waals surface area contributed by atoms with Gasteiger partial charge >= 0.3 is 0 Å². The van der Waals surface area contributed by atoms with Crippen LogP contribution in [0.4, 0.5) is 0 Å². The highest BCUT2D eigenvalue weighted by molar-refractivity contribution is 5.79. The number of nitrogens with zero attached hydrogens (tertiary/aromatic N) is 4. The molecule has 0 aliphatic heterocycles. The lowest BCUT2D eigenvalue weighted by Crippen LogP contribution is -2.38. The lowest BCUT2D eigenvalue weighted by molar-refractivity contribution is 0.372. The summed E-state index contributed by atoms with van der Waals surface area (Å²) in [5.74, 6) is 2.03. The minimum absolute atomic E-state index is 0.463. The van der Waals surface area contributed by atoms with Crippen molar-refractivity contribution >= 4 is 5.96 Å². The smallest absolute Gasteiger partial charge is 0.191 e. The van der Waals surface area contributed by atoms with Crippen LogP contribution in [0.2, 0.25) is 0 Å². The number of aromatic nitrogens is 3. The summed E-state index contributed by atoms with van der Waals surface area (Å²) in [5, 5.41) is 15.0. The Morgan fingerprint density at radius 1 is 1.28 bits per heavy atom. The molecule has 7 heteroatoms. The van der Waals surface area contributed by atoms with Crippen LogP contribution in [0, 0.1) is 6.92 Å². The Balaban J connectivity index is 1.88. The minimum atomic E-state index is 0.463. The van der Waals surface area contributed by atoms with E-state index in [4.69, 9.17) is 4.52 Å². The van der Waals surface area contributed by atoms with Crippen LogP contribution in [0.25, 0.3) is 0 Å². The molecule has 2 rings (SSSR count). The maximum atomic E-state index is 5.43. The third-order valence-corrected chi connectivity index (χ3v) is 4.11. The molecule has 0 fully saturated rings. The zero-order valence-electron chi connectivity index (χ0n) is 15.7. The quantitative estimate of drug-likeness (QED) is 0.539. The number of hydrogen-bond acceptors (Lipinski definition) is 4. The highest BCUT2D eigenvalue weighted by atomic mass is 16.5. The summed E-state index contributed by atoms with van der Waals surface area (Å²) in [6, 6.07) is 2.03. The Morgan fingerprint density at radius 3 is 2.72 bits per heavy atom. The van der Waals surface area contributed by atoms with Gasteiger partial charge in [-0.15, -0.1) is 0 Å². The lowest BCUT2D eigenvalue weighted by atomic mass is 9.99. The molecule has 0 aliphatic rings. The molecule has 0 amide bonds. The fourth-order valence-corrected chi connectivity index (χ4v) is 2.68. The van der Waals surface area contributed by atoms with Crippen molar-refractivity contribution in [2.75, 3.05) is 13.1 Å². The molecular formula is C18H30N6O. The van der Waals surface area contributed by atoms with Crippen molar-refractivity contribution in [1.82, 2.24) is 25.6 Å². The van der Waals surface area contributed by atoms with E-state index in [0.717, 1.165) is 49.9 Å². The molecule has 0 aromatic carbocycles. The molecule has 2 aromatic heterocycles. The SMILES string of the molecule is CCNC(=NCc1cc(C(CC)CC)no1)NCCn1cc(C)cn1. The maximum Gasteiger partial charge on any atom is 0.191 e. The first kappa shape index (κ1) is 19.0. The molecule has 2 N–H and O–H groups in total. The normalized spacial score (nSPS) is 12.0. The van der Waals surface area contributed by atoms with E-state index in [1.807, 2.05) is 37.0 Å². The van der Waals surface area contributed by atoms with Crippen LogP contribution >= 0.6 is 0 Å². The molecule has 0 bridgehead atoms. The minimum Gasteiger partial charge on any atom is -0.359 e. The van der Waals surface area contributed by atoms with Gasteiger partial charge in [0.1, 0.15) is 6.54 Å². The van der Waals surface area contributed by atoms with E-state index in [1.165, 1.54) is 5.56 Å². The summed E-state index contributed by atoms with van der Waals surface area (Å²) < 4.78 is 7.35. The highest BCUT2D eigenvalue weighted by Crippen LogP contribution is 2.22. The zero-order valence-corrected chi connectivity index (χ0v) is 15.7. The Kier molecular flexibility index (Phi) is 7.50. The molecule has 0 unspecified atom stereocenters. The topological polar surface area (TPSA) is 80.3 Å². The molecular weight excluding hydrogens is 316 g/mol. The van der Waals surface area contributed by atoms with Crippen molar-refractivity contribution in [3.05, 3.63) is 35.5 Å². The van der Waals surface area contributed by atoms with Crippen LogP contribution in [0.1, 0.15) is 56.5 Å². The monoisotopic (exact) mass is 346 g/mol. The van der Waals surface area contributed by atoms with E-state index >= 15 is 0 Å². The first-order valence-electron chi connectivity index (χ1n) is 9.12. The number of aryl methyl sites for hydroxylation is 1. The molecule has 0 saturated carbocycles. The number of guanidine groups is 1. The van der Waals surface area contributed by atoms with Crippen LogP contribution in [-0.2, 0) is 13.1 Å². The molecule has 138 valence electrons. The summed E-state index contributed by atoms with van der Waals surface area (Å²) >= 11 is 0. The van der Waals surface area contributed by atoms with Gasteiger partial charge in [0.15, 0.2) is 11.7 Å². The van der Waals surface area contributed by atoms with E-state index in [0.29, 0.717) is 12.5 Å². The van der Waals surface area contributed by atoms with E-state index < -0.39 is 0 Å². The van der Waals surface area contributed by atoms with Gasteiger partial charge in [-0.25, -0.2) is 4.99 Å². The highest BCUT2D eigenvalue weighted by Gasteiger charge is 2.12. The molecule has 0 saturated heterocycles. The number of aliphatic imine (C=N–C) groups is 1. The van der Waals surface area contributed by atoms with Gasteiger partial charge < -0.3 is 15.2 Å². The van der Waals surface area contributed by atoms with Crippen molar-refractivity contribution in [3.63, 3.8) is 0 Å². The van der Waals surface area contributed by atoms with Crippen molar-refractivity contribution in [2.45, 2.75) is 59.5 Å². The van der Waals surface area contributed by atoms with Gasteiger partial charge in [-0.2, -0.15) is 5.10 Å². The first-order chi connectivity index (χ1) is 12.2. The second kappa shape index (κ2) is 9.86. The third-order valence-electron chi connectivity index (χ3n) is 4.11. The fraction of sp³-hybridized carbons (Fsp3) is 0.611. The van der Waals surface area contributed by atoms with Crippen LogP contribution in [-0.4, -0.2) is 34.0 Å². The molecule has 0 radical (unpaired) electrons. The standard InChI is InChI=1S/C18H30N6O/c1-5-15(6-2)17-10-16(25-23-17)12-21-18(19-7-3)20-8-9-24-13-14(4)11-22-24/h10-11,13,15H,5-9,12H2,1-4H3,(H2,19,20,21). The van der Waals surface area contributed by atoms with Crippen LogP contribution in [0.5, 0.6) is 0 Å². The molecule has 0 atom stereocenters. The predicted octanol–water partition coefficient (Wildman–Crippen LogP) is 2.84. The van der Waals surface area contributed by atoms with Gasteiger partial charge in [0.05, 0.1) is 18.4 Å². The number of hydrogen-bond donors (Lipinski definition) is 2. The maximum absolute atomic E-state index is 5.43. The summed E-state index contributed by atoms with van der Waals surface area (Å²) in [6.45, 7) is 11.3. The predicted molar refractivity (Wildman–Crippen MR) is 99.6 cm³/mol. The van der Waals surface area contributed by atoms with Crippen molar-refractivity contribution in [2.24, 2.45) is 4.99 Å². The van der Waals surface area contributed by atoms with E-state index in [9.17, 15) is 0 Å². The summed E-state index contributed by atoms with van der Waals surface area (Å²) in [7, 11) is 0. The Labute approximate surface area is 149 Å². The Bertz CT molecular complexity index is 656. The Morgan fingerprint density at radius 2 is 2.08 bits per heavy atom. The van der Waals surface area contributed by atoms with Crippen LogP contribution in [0.15, 0.2) is 28.0 Å². The molecule has 0 aliphatic carbocycles. The second-order valence-electron chi connectivity index (χ2n) is 6.13.